The number of hydrogen-bond acceptors (Lipinski definition) is 3. The molecule has 1 aromatic rings. The van der Waals surface area contributed by atoms with Crippen LogP contribution in [0, 0.1) is 5.92 Å². The zero-order valence-electron chi connectivity index (χ0n) is 15.6. The number of likely N-dealkylation sites (tertiary alicyclic amines) is 1. The highest BCUT2D eigenvalue weighted by molar-refractivity contribution is 14.0. The standard InChI is InChI=1S/C19H31N5O.HI/c1-21-19(23-15-16-7-3-2-4-8-16)22-11-5-6-12-24-13-9-17(10-14-24)18(20)25;/h2-4,7-8,17H,5-6,9-15H2,1H3,(H2,20,25)(H2,21,22,23);1H. The van der Waals surface area contributed by atoms with Gasteiger partial charge in [-0.05, 0) is 50.9 Å². The number of carbonyl (C=O) groups is 1. The Balaban J connectivity index is 0.00000338. The maximum absolute atomic E-state index is 11.2. The van der Waals surface area contributed by atoms with Crippen molar-refractivity contribution in [2.24, 2.45) is 16.6 Å². The molecule has 26 heavy (non-hydrogen) atoms. The first-order valence-corrected chi connectivity index (χ1v) is 9.19. The van der Waals surface area contributed by atoms with Crippen molar-refractivity contribution in [3.8, 4) is 0 Å². The summed E-state index contributed by atoms with van der Waals surface area (Å²) in [6.07, 6.45) is 4.05. The van der Waals surface area contributed by atoms with E-state index < -0.39 is 0 Å². The summed E-state index contributed by atoms with van der Waals surface area (Å²) < 4.78 is 0. The topological polar surface area (TPSA) is 82.8 Å². The molecule has 2 rings (SSSR count). The SMILES string of the molecule is CN=C(NCCCCN1CCC(C(N)=O)CC1)NCc1ccccc1.I. The largest absolute Gasteiger partial charge is 0.369 e. The number of nitrogens with two attached hydrogens (primary N) is 1. The Morgan fingerprint density at radius 1 is 1.19 bits per heavy atom. The van der Waals surface area contributed by atoms with Crippen LogP contribution in [0.2, 0.25) is 0 Å². The molecule has 1 saturated heterocycles. The smallest absolute Gasteiger partial charge is 0.220 e. The number of piperidine rings is 1. The lowest BCUT2D eigenvalue weighted by molar-refractivity contribution is -0.123. The van der Waals surface area contributed by atoms with E-state index in [4.69, 9.17) is 5.73 Å². The number of rotatable bonds is 8. The van der Waals surface area contributed by atoms with E-state index in [-0.39, 0.29) is 35.8 Å². The molecule has 0 radical (unpaired) electrons. The lowest BCUT2D eigenvalue weighted by atomic mass is 9.96. The van der Waals surface area contributed by atoms with Crippen molar-refractivity contribution in [2.75, 3.05) is 33.2 Å². The van der Waals surface area contributed by atoms with E-state index in [0.29, 0.717) is 0 Å². The maximum Gasteiger partial charge on any atom is 0.220 e. The summed E-state index contributed by atoms with van der Waals surface area (Å²) in [4.78, 5) is 17.9. The number of carbonyl (C=O) groups excluding carboxylic acids is 1. The molecule has 0 aliphatic carbocycles. The molecule has 7 heteroatoms. The van der Waals surface area contributed by atoms with Crippen LogP contribution in [0.3, 0.4) is 0 Å². The summed E-state index contributed by atoms with van der Waals surface area (Å²) in [5.74, 6) is 0.779. The highest BCUT2D eigenvalue weighted by Crippen LogP contribution is 2.16. The van der Waals surface area contributed by atoms with E-state index in [0.717, 1.165) is 64.4 Å². The zero-order valence-corrected chi connectivity index (χ0v) is 17.9. The highest BCUT2D eigenvalue weighted by Gasteiger charge is 2.22. The Kier molecular flexibility index (Phi) is 11.3. The molecule has 1 aliphatic heterocycles. The Morgan fingerprint density at radius 3 is 2.50 bits per heavy atom. The van der Waals surface area contributed by atoms with E-state index in [1.807, 2.05) is 18.2 Å². The van der Waals surface area contributed by atoms with Gasteiger partial charge in [-0.1, -0.05) is 30.3 Å². The van der Waals surface area contributed by atoms with Crippen molar-refractivity contribution in [2.45, 2.75) is 32.2 Å². The number of primary amides is 1. The first-order valence-electron chi connectivity index (χ1n) is 9.19. The predicted molar refractivity (Wildman–Crippen MR) is 118 cm³/mol. The van der Waals surface area contributed by atoms with Gasteiger partial charge in [0.05, 0.1) is 0 Å². The zero-order chi connectivity index (χ0) is 17.9. The van der Waals surface area contributed by atoms with E-state index in [1.165, 1.54) is 5.56 Å². The number of benzene rings is 1. The van der Waals surface area contributed by atoms with Crippen LogP contribution in [0.1, 0.15) is 31.2 Å². The summed E-state index contributed by atoms with van der Waals surface area (Å²) in [5, 5.41) is 6.68. The molecule has 0 bridgehead atoms. The van der Waals surface area contributed by atoms with Crippen LogP contribution < -0.4 is 16.4 Å². The van der Waals surface area contributed by atoms with E-state index in [2.05, 4.69) is 32.7 Å². The molecule has 0 spiro atoms. The second-order valence-corrected chi connectivity index (χ2v) is 6.56. The van der Waals surface area contributed by atoms with E-state index >= 15 is 0 Å². The molecule has 1 fully saturated rings. The van der Waals surface area contributed by atoms with Gasteiger partial charge in [0.2, 0.25) is 5.91 Å². The Labute approximate surface area is 174 Å². The van der Waals surface area contributed by atoms with E-state index in [1.54, 1.807) is 7.05 Å². The second-order valence-electron chi connectivity index (χ2n) is 6.56. The summed E-state index contributed by atoms with van der Waals surface area (Å²) >= 11 is 0. The van der Waals surface area contributed by atoms with Crippen LogP contribution in [0.15, 0.2) is 35.3 Å². The third kappa shape index (κ3) is 8.35. The average Bonchev–Trinajstić information content (AvgIpc) is 2.65. The normalized spacial score (nSPS) is 16.0. The Hall–Kier alpha value is -1.35. The summed E-state index contributed by atoms with van der Waals surface area (Å²) in [7, 11) is 1.79. The average molecular weight is 473 g/mol. The number of guanidine groups is 1. The molecular weight excluding hydrogens is 441 g/mol. The first kappa shape index (κ1) is 22.7. The first-order chi connectivity index (χ1) is 12.2. The molecule has 1 heterocycles. The molecular formula is C19H32IN5O. The summed E-state index contributed by atoms with van der Waals surface area (Å²) in [6, 6.07) is 10.3. The Morgan fingerprint density at radius 2 is 1.88 bits per heavy atom. The van der Waals surface area contributed by atoms with Gasteiger partial charge in [0.15, 0.2) is 5.96 Å². The van der Waals surface area contributed by atoms with Crippen molar-refractivity contribution in [3.05, 3.63) is 35.9 Å². The number of nitrogens with one attached hydrogen (secondary N) is 2. The fourth-order valence-electron chi connectivity index (χ4n) is 3.11. The fourth-order valence-corrected chi connectivity index (χ4v) is 3.11. The lowest BCUT2D eigenvalue weighted by Crippen LogP contribution is -2.39. The van der Waals surface area contributed by atoms with Crippen molar-refractivity contribution < 1.29 is 4.79 Å². The predicted octanol–water partition coefficient (Wildman–Crippen LogP) is 1.95. The fraction of sp³-hybridized carbons (Fsp3) is 0.579. The number of hydrogen-bond donors (Lipinski definition) is 3. The van der Waals surface area contributed by atoms with Crippen LogP contribution >= 0.6 is 24.0 Å². The number of halogens is 1. The van der Waals surface area contributed by atoms with Gasteiger partial charge in [-0.25, -0.2) is 0 Å². The molecule has 6 nitrogen and oxygen atoms in total. The van der Waals surface area contributed by atoms with Crippen molar-refractivity contribution in [1.29, 1.82) is 0 Å². The molecule has 0 saturated carbocycles. The minimum absolute atomic E-state index is 0. The molecule has 0 aromatic heterocycles. The number of aliphatic imine (C=N–C) groups is 1. The number of amides is 1. The highest BCUT2D eigenvalue weighted by atomic mass is 127. The van der Waals surface area contributed by atoms with E-state index in [9.17, 15) is 4.79 Å². The summed E-state index contributed by atoms with van der Waals surface area (Å²) in [5.41, 5.74) is 6.61. The van der Waals surface area contributed by atoms with Crippen molar-refractivity contribution in [1.82, 2.24) is 15.5 Å². The maximum atomic E-state index is 11.2. The van der Waals surface area contributed by atoms with Gasteiger partial charge in [-0.3, -0.25) is 9.79 Å². The van der Waals surface area contributed by atoms with Gasteiger partial charge in [0.1, 0.15) is 0 Å². The van der Waals surface area contributed by atoms with Crippen LogP contribution in [0.4, 0.5) is 0 Å². The number of unbranched alkanes of at least 4 members (excludes halogenated alkanes) is 1. The molecule has 0 unspecified atom stereocenters. The Bertz CT molecular complexity index is 544. The molecule has 1 aliphatic rings. The lowest BCUT2D eigenvalue weighted by Gasteiger charge is -2.30. The van der Waals surface area contributed by atoms with Gasteiger partial charge < -0.3 is 21.3 Å². The summed E-state index contributed by atoms with van der Waals surface area (Å²) in [6.45, 7) is 4.74. The van der Waals surface area contributed by atoms with Crippen molar-refractivity contribution in [3.63, 3.8) is 0 Å². The molecule has 0 atom stereocenters. The minimum Gasteiger partial charge on any atom is -0.369 e. The number of nitrogens with zero attached hydrogens (tertiary/aromatic N) is 2. The molecule has 4 N–H and O–H groups in total. The third-order valence-corrected chi connectivity index (χ3v) is 4.71. The molecule has 1 aromatic carbocycles. The minimum atomic E-state index is -0.141. The van der Waals surface area contributed by atoms with Gasteiger partial charge >= 0.3 is 0 Å². The van der Waals surface area contributed by atoms with Crippen molar-refractivity contribution >= 4 is 35.8 Å². The van der Waals surface area contributed by atoms with Crippen LogP contribution in [-0.4, -0.2) is 50.0 Å². The molecule has 146 valence electrons. The van der Waals surface area contributed by atoms with Crippen LogP contribution in [0.25, 0.3) is 0 Å². The van der Waals surface area contributed by atoms with Gasteiger partial charge in [-0.15, -0.1) is 24.0 Å². The van der Waals surface area contributed by atoms with Crippen LogP contribution in [0.5, 0.6) is 0 Å². The molecule has 1 amide bonds. The van der Waals surface area contributed by atoms with Gasteiger partial charge in [0.25, 0.3) is 0 Å². The third-order valence-electron chi connectivity index (χ3n) is 4.71. The second kappa shape index (κ2) is 12.9. The monoisotopic (exact) mass is 473 g/mol. The van der Waals surface area contributed by atoms with Gasteiger partial charge in [-0.2, -0.15) is 0 Å². The quantitative estimate of drug-likeness (QED) is 0.233. The van der Waals surface area contributed by atoms with Crippen LogP contribution in [-0.2, 0) is 11.3 Å². The van der Waals surface area contributed by atoms with Gasteiger partial charge in [0, 0.05) is 26.1 Å².